The molecule has 0 aliphatic heterocycles. The Hall–Kier alpha value is -0.870. The van der Waals surface area contributed by atoms with Crippen LogP contribution in [0.25, 0.3) is 0 Å². The van der Waals surface area contributed by atoms with Crippen molar-refractivity contribution in [3.05, 3.63) is 44.3 Å². The molecule has 1 aromatic carbocycles. The summed E-state index contributed by atoms with van der Waals surface area (Å²) in [6, 6.07) is 6.02. The first-order valence-electron chi connectivity index (χ1n) is 7.30. The number of thiazole rings is 1. The highest BCUT2D eigenvalue weighted by atomic mass is 127. The van der Waals surface area contributed by atoms with Gasteiger partial charge in [-0.15, -0.1) is 35.3 Å². The van der Waals surface area contributed by atoms with E-state index in [1.807, 2.05) is 24.4 Å². The zero-order valence-electron chi connectivity index (χ0n) is 13.9. The summed E-state index contributed by atoms with van der Waals surface area (Å²) in [4.78, 5) is 9.84. The Labute approximate surface area is 172 Å². The molecular weight excluding hydrogens is 503 g/mol. The lowest BCUT2D eigenvalue weighted by molar-refractivity contribution is 0.412. The number of aliphatic imine (C=N–C) groups is 1. The molecule has 2 rings (SSSR count). The molecule has 132 valence electrons. The molecule has 2 N–H and O–H groups in total. The summed E-state index contributed by atoms with van der Waals surface area (Å²) in [6.07, 6.45) is 2.81. The van der Waals surface area contributed by atoms with Crippen LogP contribution in [0.4, 0.5) is 0 Å². The van der Waals surface area contributed by atoms with Crippen molar-refractivity contribution in [2.24, 2.45) is 4.99 Å². The summed E-state index contributed by atoms with van der Waals surface area (Å²) >= 11 is 5.23. The van der Waals surface area contributed by atoms with E-state index in [-0.39, 0.29) is 24.0 Å². The van der Waals surface area contributed by atoms with Crippen LogP contribution in [-0.2, 0) is 13.0 Å². The van der Waals surface area contributed by atoms with Crippen LogP contribution in [0.15, 0.2) is 33.9 Å². The van der Waals surface area contributed by atoms with Crippen LogP contribution in [0.5, 0.6) is 5.75 Å². The van der Waals surface area contributed by atoms with Gasteiger partial charge in [-0.3, -0.25) is 4.99 Å². The number of aromatic nitrogens is 1. The largest absolute Gasteiger partial charge is 0.496 e. The molecule has 0 bridgehead atoms. The number of aryl methyl sites for hydroxylation is 1. The van der Waals surface area contributed by atoms with Crippen LogP contribution in [0.1, 0.15) is 15.4 Å². The smallest absolute Gasteiger partial charge is 0.191 e. The number of halogens is 2. The fourth-order valence-corrected chi connectivity index (χ4v) is 3.41. The number of hydrogen-bond donors (Lipinski definition) is 2. The Balaban J connectivity index is 0.00000288. The van der Waals surface area contributed by atoms with Crippen LogP contribution in [0.2, 0.25) is 0 Å². The molecule has 1 aromatic heterocycles. The maximum absolute atomic E-state index is 5.24. The van der Waals surface area contributed by atoms with Crippen LogP contribution in [0.3, 0.4) is 0 Å². The van der Waals surface area contributed by atoms with Crippen molar-refractivity contribution < 1.29 is 4.74 Å². The third kappa shape index (κ3) is 6.56. The lowest BCUT2D eigenvalue weighted by Crippen LogP contribution is -2.37. The number of benzene rings is 1. The summed E-state index contributed by atoms with van der Waals surface area (Å²) < 4.78 is 6.18. The molecule has 0 amide bonds. The van der Waals surface area contributed by atoms with E-state index in [4.69, 9.17) is 4.74 Å². The molecular formula is C16H22BrIN4OS. The Morgan fingerprint density at radius 1 is 1.38 bits per heavy atom. The lowest BCUT2D eigenvalue weighted by Gasteiger charge is -2.12. The van der Waals surface area contributed by atoms with Crippen molar-refractivity contribution in [2.75, 3.05) is 20.7 Å². The van der Waals surface area contributed by atoms with Crippen molar-refractivity contribution >= 4 is 57.2 Å². The van der Waals surface area contributed by atoms with E-state index in [1.165, 1.54) is 4.88 Å². The fourth-order valence-electron chi connectivity index (χ4n) is 2.03. The van der Waals surface area contributed by atoms with Gasteiger partial charge in [-0.1, -0.05) is 6.07 Å². The minimum Gasteiger partial charge on any atom is -0.496 e. The van der Waals surface area contributed by atoms with Gasteiger partial charge in [0.25, 0.3) is 0 Å². The quantitative estimate of drug-likeness (QED) is 0.343. The summed E-state index contributed by atoms with van der Waals surface area (Å²) in [6.45, 7) is 3.57. The van der Waals surface area contributed by atoms with Crippen molar-refractivity contribution in [2.45, 2.75) is 19.9 Å². The molecule has 0 unspecified atom stereocenters. The number of hydrogen-bond acceptors (Lipinski definition) is 4. The monoisotopic (exact) mass is 524 g/mol. The predicted molar refractivity (Wildman–Crippen MR) is 115 cm³/mol. The van der Waals surface area contributed by atoms with Gasteiger partial charge in [-0.2, -0.15) is 0 Å². The zero-order valence-corrected chi connectivity index (χ0v) is 18.7. The van der Waals surface area contributed by atoms with Crippen LogP contribution in [0, 0.1) is 6.92 Å². The fraction of sp³-hybridized carbons (Fsp3) is 0.375. The molecule has 0 fully saturated rings. The Kier molecular flexibility index (Phi) is 9.60. The topological polar surface area (TPSA) is 58.5 Å². The second-order valence-electron chi connectivity index (χ2n) is 4.94. The maximum atomic E-state index is 5.24. The van der Waals surface area contributed by atoms with Crippen LogP contribution < -0.4 is 15.4 Å². The maximum Gasteiger partial charge on any atom is 0.191 e. The third-order valence-corrected chi connectivity index (χ3v) is 4.79. The number of nitrogens with zero attached hydrogens (tertiary/aromatic N) is 2. The minimum atomic E-state index is 0. The van der Waals surface area contributed by atoms with E-state index >= 15 is 0 Å². The molecule has 0 spiro atoms. The van der Waals surface area contributed by atoms with Gasteiger partial charge >= 0.3 is 0 Å². The molecule has 0 aliphatic rings. The predicted octanol–water partition coefficient (Wildman–Crippen LogP) is 3.75. The number of guanidine groups is 1. The first-order chi connectivity index (χ1) is 11.1. The molecule has 24 heavy (non-hydrogen) atoms. The molecule has 0 radical (unpaired) electrons. The lowest BCUT2D eigenvalue weighted by atomic mass is 10.2. The van der Waals surface area contributed by atoms with Gasteiger partial charge in [0.05, 0.1) is 16.6 Å². The molecule has 2 aromatic rings. The van der Waals surface area contributed by atoms with E-state index in [2.05, 4.69) is 43.5 Å². The van der Waals surface area contributed by atoms with E-state index in [1.54, 1.807) is 25.5 Å². The Bertz CT molecular complexity index is 678. The zero-order chi connectivity index (χ0) is 16.7. The standard InChI is InChI=1S/C16H21BrN4OS.HI/c1-11-9-20-15(23-11)6-7-19-16(18-2)21-10-12-4-5-14(22-3)13(17)8-12;/h4-5,8-9H,6-7,10H2,1-3H3,(H2,18,19,21);1H. The van der Waals surface area contributed by atoms with Gasteiger partial charge in [0, 0.05) is 37.6 Å². The van der Waals surface area contributed by atoms with Gasteiger partial charge in [-0.25, -0.2) is 4.98 Å². The summed E-state index contributed by atoms with van der Waals surface area (Å²) in [5.41, 5.74) is 1.15. The highest BCUT2D eigenvalue weighted by Crippen LogP contribution is 2.25. The number of methoxy groups -OCH3 is 1. The van der Waals surface area contributed by atoms with Crippen molar-refractivity contribution in [3.8, 4) is 5.75 Å². The molecule has 8 heteroatoms. The molecule has 0 aliphatic carbocycles. The highest BCUT2D eigenvalue weighted by Gasteiger charge is 2.04. The Morgan fingerprint density at radius 3 is 2.75 bits per heavy atom. The number of rotatable bonds is 6. The molecule has 1 heterocycles. The minimum absolute atomic E-state index is 0. The van der Waals surface area contributed by atoms with E-state index in [0.29, 0.717) is 6.54 Å². The second-order valence-corrected chi connectivity index (χ2v) is 7.11. The van der Waals surface area contributed by atoms with Gasteiger partial charge in [0.2, 0.25) is 0 Å². The Morgan fingerprint density at radius 2 is 2.17 bits per heavy atom. The van der Waals surface area contributed by atoms with Crippen molar-refractivity contribution in [1.82, 2.24) is 15.6 Å². The normalized spacial score (nSPS) is 10.9. The van der Waals surface area contributed by atoms with E-state index in [0.717, 1.165) is 39.7 Å². The molecule has 0 saturated carbocycles. The summed E-state index contributed by atoms with van der Waals surface area (Å²) in [5, 5.41) is 7.75. The van der Waals surface area contributed by atoms with E-state index in [9.17, 15) is 0 Å². The van der Waals surface area contributed by atoms with Gasteiger partial charge in [0.1, 0.15) is 5.75 Å². The number of nitrogens with one attached hydrogen (secondary N) is 2. The van der Waals surface area contributed by atoms with Crippen LogP contribution >= 0.6 is 51.2 Å². The SMILES string of the molecule is CN=C(NCCc1ncc(C)s1)NCc1ccc(OC)c(Br)c1.I. The third-order valence-electron chi connectivity index (χ3n) is 3.20. The average Bonchev–Trinajstić information content (AvgIpc) is 2.96. The second kappa shape index (κ2) is 10.9. The average molecular weight is 525 g/mol. The molecule has 0 saturated heterocycles. The summed E-state index contributed by atoms with van der Waals surface area (Å²) in [5.74, 6) is 1.61. The first kappa shape index (κ1) is 21.2. The molecule has 5 nitrogen and oxygen atoms in total. The van der Waals surface area contributed by atoms with Crippen LogP contribution in [-0.4, -0.2) is 31.6 Å². The highest BCUT2D eigenvalue weighted by molar-refractivity contribution is 14.0. The summed E-state index contributed by atoms with van der Waals surface area (Å²) in [7, 11) is 3.43. The first-order valence-corrected chi connectivity index (χ1v) is 8.91. The van der Waals surface area contributed by atoms with Gasteiger partial charge in [-0.05, 0) is 40.5 Å². The van der Waals surface area contributed by atoms with Gasteiger partial charge in [0.15, 0.2) is 5.96 Å². The van der Waals surface area contributed by atoms with Crippen molar-refractivity contribution in [3.63, 3.8) is 0 Å². The van der Waals surface area contributed by atoms with Gasteiger partial charge < -0.3 is 15.4 Å². The molecule has 0 atom stereocenters. The van der Waals surface area contributed by atoms with E-state index < -0.39 is 0 Å². The van der Waals surface area contributed by atoms with Crippen molar-refractivity contribution in [1.29, 1.82) is 0 Å². The number of ether oxygens (including phenoxy) is 1.